The topological polar surface area (TPSA) is 92.3 Å². The Morgan fingerprint density at radius 3 is 2.28 bits per heavy atom. The van der Waals surface area contributed by atoms with Gasteiger partial charge in [0, 0.05) is 34.8 Å². The van der Waals surface area contributed by atoms with E-state index >= 15 is 0 Å². The van der Waals surface area contributed by atoms with E-state index in [1.54, 1.807) is 0 Å². The molecule has 0 radical (unpaired) electrons. The maximum absolute atomic E-state index is 11.9. The first-order chi connectivity index (χ1) is 8.47. The lowest BCUT2D eigenvalue weighted by Gasteiger charge is -2.19. The van der Waals surface area contributed by atoms with Gasteiger partial charge in [-0.2, -0.15) is 0 Å². The van der Waals surface area contributed by atoms with E-state index in [-0.39, 0.29) is 25.7 Å². The molecule has 1 unspecified atom stereocenters. The molecule has 0 aliphatic carbocycles. The predicted octanol–water partition coefficient (Wildman–Crippen LogP) is 0.529. The van der Waals surface area contributed by atoms with Crippen molar-refractivity contribution in [1.82, 2.24) is 5.32 Å². The van der Waals surface area contributed by atoms with Crippen LogP contribution in [0.2, 0.25) is 0 Å². The fraction of sp³-hybridized carbons (Fsp3) is 0.889. The van der Waals surface area contributed by atoms with Gasteiger partial charge in [0.15, 0.2) is 6.29 Å². The molecule has 0 aromatic carbocycles. The van der Waals surface area contributed by atoms with Crippen molar-refractivity contribution < 1.29 is 32.4 Å². The summed E-state index contributed by atoms with van der Waals surface area (Å²) in [6, 6.07) is 0. The van der Waals surface area contributed by atoms with Crippen LogP contribution in [0.3, 0.4) is 0 Å². The van der Waals surface area contributed by atoms with Gasteiger partial charge in [-0.25, -0.2) is 4.57 Å². The van der Waals surface area contributed by atoms with Crippen molar-refractivity contribution in [3.63, 3.8) is 0 Å². The maximum Gasteiger partial charge on any atom is 0.474 e. The average molecular weight is 285 g/mol. The van der Waals surface area contributed by atoms with E-state index in [9.17, 15) is 9.36 Å². The van der Waals surface area contributed by atoms with Crippen LogP contribution in [-0.2, 0) is 32.4 Å². The monoisotopic (exact) mass is 285 g/mol. The second kappa shape index (κ2) is 9.43. The van der Waals surface area contributed by atoms with E-state index in [1.807, 2.05) is 0 Å². The Labute approximate surface area is 106 Å². The van der Waals surface area contributed by atoms with Crippen LogP contribution in [0.25, 0.3) is 0 Å². The summed E-state index contributed by atoms with van der Waals surface area (Å²) in [6.45, 7) is 1.49. The summed E-state index contributed by atoms with van der Waals surface area (Å²) in [5, 5.41) is 2.48. The largest absolute Gasteiger partial charge is 0.474 e. The number of carbonyl (C=O) groups is 1. The van der Waals surface area contributed by atoms with Crippen LogP contribution in [0.15, 0.2) is 0 Å². The lowest BCUT2D eigenvalue weighted by Crippen LogP contribution is -2.24. The van der Waals surface area contributed by atoms with Crippen molar-refractivity contribution in [2.24, 2.45) is 0 Å². The number of rotatable bonds is 10. The van der Waals surface area contributed by atoms with Gasteiger partial charge in [-0.3, -0.25) is 18.4 Å². The van der Waals surface area contributed by atoms with Crippen molar-refractivity contribution in [3.05, 3.63) is 0 Å². The quantitative estimate of drug-likeness (QED) is 0.355. The molecule has 0 bridgehead atoms. The Morgan fingerprint density at radius 1 is 1.22 bits per heavy atom. The molecule has 0 aromatic rings. The molecule has 108 valence electrons. The highest BCUT2D eigenvalue weighted by atomic mass is 31.2. The van der Waals surface area contributed by atoms with E-state index in [0.717, 1.165) is 0 Å². The Bertz CT molecular complexity index is 282. The third-order valence-corrected chi connectivity index (χ3v) is 3.25. The fourth-order valence-corrected chi connectivity index (χ4v) is 1.82. The second-order valence-corrected chi connectivity index (χ2v) is 4.92. The smallest absolute Gasteiger partial charge is 0.354 e. The SMILES string of the molecule is COC(COP(=O)(OC)OCCNC(C)=O)OC. The van der Waals surface area contributed by atoms with Crippen LogP contribution in [0.4, 0.5) is 0 Å². The minimum absolute atomic E-state index is 0.00925. The summed E-state index contributed by atoms with van der Waals surface area (Å²) in [4.78, 5) is 10.6. The summed E-state index contributed by atoms with van der Waals surface area (Å²) in [5.41, 5.74) is 0. The zero-order chi connectivity index (χ0) is 14.0. The van der Waals surface area contributed by atoms with Crippen molar-refractivity contribution in [2.45, 2.75) is 13.2 Å². The molecule has 0 aromatic heterocycles. The summed E-state index contributed by atoms with van der Waals surface area (Å²) < 4.78 is 36.2. The Kier molecular flexibility index (Phi) is 9.17. The van der Waals surface area contributed by atoms with E-state index in [4.69, 9.17) is 18.5 Å². The normalized spacial score (nSPS) is 14.5. The molecule has 0 saturated carbocycles. The molecule has 9 heteroatoms. The number of hydrogen-bond donors (Lipinski definition) is 1. The molecule has 8 nitrogen and oxygen atoms in total. The second-order valence-electron chi connectivity index (χ2n) is 3.14. The minimum atomic E-state index is -3.65. The molecule has 0 rings (SSSR count). The molecule has 0 aliphatic heterocycles. The molecule has 1 amide bonds. The Morgan fingerprint density at radius 2 is 1.83 bits per heavy atom. The number of amides is 1. The number of carbonyl (C=O) groups excluding carboxylic acids is 1. The lowest BCUT2D eigenvalue weighted by atomic mass is 10.6. The predicted molar refractivity (Wildman–Crippen MR) is 63.0 cm³/mol. The molecule has 1 atom stereocenters. The van der Waals surface area contributed by atoms with Gasteiger partial charge in [0.05, 0.1) is 6.61 Å². The first-order valence-electron chi connectivity index (χ1n) is 5.22. The van der Waals surface area contributed by atoms with E-state index in [0.29, 0.717) is 0 Å². The van der Waals surface area contributed by atoms with Crippen molar-refractivity contribution in [3.8, 4) is 0 Å². The van der Waals surface area contributed by atoms with Gasteiger partial charge in [-0.1, -0.05) is 0 Å². The number of ether oxygens (including phenoxy) is 2. The summed E-state index contributed by atoms with van der Waals surface area (Å²) in [6.07, 6.45) is -0.660. The molecule has 0 spiro atoms. The van der Waals surface area contributed by atoms with Gasteiger partial charge in [0.1, 0.15) is 6.61 Å². The number of methoxy groups -OCH3 is 2. The Balaban J connectivity index is 4.02. The highest BCUT2D eigenvalue weighted by Crippen LogP contribution is 2.48. The lowest BCUT2D eigenvalue weighted by molar-refractivity contribution is -0.126. The number of nitrogens with one attached hydrogen (secondary N) is 1. The van der Waals surface area contributed by atoms with E-state index < -0.39 is 14.1 Å². The van der Waals surface area contributed by atoms with Gasteiger partial charge in [0.25, 0.3) is 0 Å². The summed E-state index contributed by atoms with van der Waals surface area (Å²) in [7, 11) is 0.397. The van der Waals surface area contributed by atoms with Crippen molar-refractivity contribution >= 4 is 13.7 Å². The number of hydrogen-bond acceptors (Lipinski definition) is 7. The maximum atomic E-state index is 11.9. The molecular formula is C9H20NO7P. The van der Waals surface area contributed by atoms with E-state index in [1.165, 1.54) is 28.3 Å². The molecule has 18 heavy (non-hydrogen) atoms. The highest BCUT2D eigenvalue weighted by molar-refractivity contribution is 7.48. The summed E-state index contributed by atoms with van der Waals surface area (Å²) >= 11 is 0. The van der Waals surface area contributed by atoms with Crippen LogP contribution in [-0.4, -0.2) is 53.3 Å². The number of phosphoric acid groups is 1. The zero-order valence-corrected chi connectivity index (χ0v) is 11.9. The van der Waals surface area contributed by atoms with Crippen molar-refractivity contribution in [2.75, 3.05) is 41.1 Å². The van der Waals surface area contributed by atoms with Gasteiger partial charge < -0.3 is 14.8 Å². The average Bonchev–Trinajstić information content (AvgIpc) is 2.36. The Hall–Kier alpha value is -0.500. The van der Waals surface area contributed by atoms with Crippen LogP contribution in [0, 0.1) is 0 Å². The van der Waals surface area contributed by atoms with Crippen LogP contribution in [0.5, 0.6) is 0 Å². The molecule has 0 saturated heterocycles. The standard InChI is InChI=1S/C9H20NO7P/c1-8(11)10-5-6-16-18(12,15-4)17-7-9(13-2)14-3/h9H,5-7H2,1-4H3,(H,10,11). The molecule has 0 heterocycles. The summed E-state index contributed by atoms with van der Waals surface area (Å²) in [5.74, 6) is -0.203. The highest BCUT2D eigenvalue weighted by Gasteiger charge is 2.26. The fourth-order valence-electron chi connectivity index (χ4n) is 0.912. The van der Waals surface area contributed by atoms with Crippen molar-refractivity contribution in [1.29, 1.82) is 0 Å². The minimum Gasteiger partial charge on any atom is -0.354 e. The molecule has 1 N–H and O–H groups in total. The molecule has 0 fully saturated rings. The van der Waals surface area contributed by atoms with Crippen LogP contribution >= 0.6 is 7.82 Å². The van der Waals surface area contributed by atoms with Gasteiger partial charge in [0.2, 0.25) is 5.91 Å². The first kappa shape index (κ1) is 17.5. The van der Waals surface area contributed by atoms with Crippen LogP contribution < -0.4 is 5.32 Å². The van der Waals surface area contributed by atoms with E-state index in [2.05, 4.69) is 9.84 Å². The van der Waals surface area contributed by atoms with Gasteiger partial charge in [-0.05, 0) is 0 Å². The molecule has 0 aliphatic rings. The third kappa shape index (κ3) is 7.75. The third-order valence-electron chi connectivity index (χ3n) is 1.84. The van der Waals surface area contributed by atoms with Gasteiger partial charge in [-0.15, -0.1) is 0 Å². The number of phosphoric ester groups is 1. The van der Waals surface area contributed by atoms with Gasteiger partial charge >= 0.3 is 7.82 Å². The first-order valence-corrected chi connectivity index (χ1v) is 6.68. The molecular weight excluding hydrogens is 265 g/mol. The van der Waals surface area contributed by atoms with Crippen LogP contribution in [0.1, 0.15) is 6.92 Å². The zero-order valence-electron chi connectivity index (χ0n) is 11.0.